The zero-order chi connectivity index (χ0) is 43.6. The molecule has 10 rings (SSSR count). The number of hydrogen-bond acceptors (Lipinski definition) is 0. The fraction of sp³-hybridized carbons (Fsp3) is 0.125. The summed E-state index contributed by atoms with van der Waals surface area (Å²) >= 11 is 0. The number of fused-ring (bicyclic) bond motifs is 3. The van der Waals surface area contributed by atoms with Gasteiger partial charge in [-0.1, -0.05) is 233 Å². The third-order valence-corrected chi connectivity index (χ3v) is 13.7. The van der Waals surface area contributed by atoms with Crippen LogP contribution < -0.4 is 0 Å². The summed E-state index contributed by atoms with van der Waals surface area (Å²) in [5.41, 5.74) is 24.3. The summed E-state index contributed by atoms with van der Waals surface area (Å²) < 4.78 is 0. The molecule has 1 aliphatic rings. The van der Waals surface area contributed by atoms with Crippen molar-refractivity contribution >= 4 is 5.57 Å². The Balaban J connectivity index is 0.935. The summed E-state index contributed by atoms with van der Waals surface area (Å²) in [4.78, 5) is 0. The minimum absolute atomic E-state index is 0.0328. The average molecular weight is 823 g/mol. The molecule has 0 aromatic heterocycles. The van der Waals surface area contributed by atoms with E-state index in [-0.39, 0.29) is 11.3 Å². The summed E-state index contributed by atoms with van der Waals surface area (Å²) in [6.45, 7) is 11.7. The molecule has 0 saturated heterocycles. The van der Waals surface area contributed by atoms with Crippen molar-refractivity contribution in [3.05, 3.63) is 269 Å². The summed E-state index contributed by atoms with van der Waals surface area (Å²) in [5, 5.41) is 0. The van der Waals surface area contributed by atoms with Gasteiger partial charge in [0.05, 0.1) is 0 Å². The molecular weight excluding hydrogens is 769 g/mol. The topological polar surface area (TPSA) is 0 Å². The Morgan fingerprint density at radius 3 is 1.61 bits per heavy atom. The van der Waals surface area contributed by atoms with E-state index in [0.29, 0.717) is 0 Å². The van der Waals surface area contributed by atoms with E-state index in [1.54, 1.807) is 0 Å². The normalized spacial score (nSPS) is 12.5. The quantitative estimate of drug-likeness (QED) is 0.115. The molecule has 0 bridgehead atoms. The van der Waals surface area contributed by atoms with Gasteiger partial charge in [-0.25, -0.2) is 0 Å². The minimum Gasteiger partial charge on any atom is -0.0949 e. The van der Waals surface area contributed by atoms with E-state index < -0.39 is 0 Å². The van der Waals surface area contributed by atoms with Crippen LogP contribution in [0.15, 0.2) is 225 Å². The van der Waals surface area contributed by atoms with Gasteiger partial charge in [-0.15, -0.1) is 0 Å². The number of benzene rings is 9. The van der Waals surface area contributed by atoms with E-state index in [1.165, 1.54) is 100 Å². The van der Waals surface area contributed by atoms with Gasteiger partial charge in [0.15, 0.2) is 0 Å². The van der Waals surface area contributed by atoms with Crippen molar-refractivity contribution < 1.29 is 0 Å². The molecule has 0 heteroatoms. The second kappa shape index (κ2) is 17.5. The van der Waals surface area contributed by atoms with Gasteiger partial charge in [0.25, 0.3) is 0 Å². The van der Waals surface area contributed by atoms with Crippen molar-refractivity contribution in [1.82, 2.24) is 0 Å². The van der Waals surface area contributed by atoms with Crippen molar-refractivity contribution in [2.75, 3.05) is 0 Å². The van der Waals surface area contributed by atoms with E-state index in [4.69, 9.17) is 6.58 Å². The number of allylic oxidation sites excluding steroid dienone is 1. The third-order valence-electron chi connectivity index (χ3n) is 13.7. The van der Waals surface area contributed by atoms with Crippen molar-refractivity contribution in [1.29, 1.82) is 0 Å². The van der Waals surface area contributed by atoms with Crippen molar-refractivity contribution in [2.24, 2.45) is 0 Å². The van der Waals surface area contributed by atoms with Crippen LogP contribution in [0.25, 0.3) is 61.2 Å². The van der Waals surface area contributed by atoms with E-state index in [2.05, 4.69) is 239 Å². The second-order valence-electron chi connectivity index (χ2n) is 18.2. The molecule has 0 heterocycles. The zero-order valence-corrected chi connectivity index (χ0v) is 37.2. The highest BCUT2D eigenvalue weighted by Gasteiger charge is 2.35. The van der Waals surface area contributed by atoms with Gasteiger partial charge < -0.3 is 0 Å². The molecule has 64 heavy (non-hydrogen) atoms. The van der Waals surface area contributed by atoms with Crippen LogP contribution in [0.4, 0.5) is 0 Å². The molecule has 0 fully saturated rings. The molecule has 1 aliphatic carbocycles. The largest absolute Gasteiger partial charge is 0.0949 e. The van der Waals surface area contributed by atoms with Gasteiger partial charge in [-0.05, 0) is 138 Å². The molecule has 9 aromatic carbocycles. The van der Waals surface area contributed by atoms with Crippen LogP contribution in [-0.2, 0) is 18.3 Å². The Morgan fingerprint density at radius 1 is 0.422 bits per heavy atom. The predicted molar refractivity (Wildman–Crippen MR) is 273 cm³/mol. The smallest absolute Gasteiger partial charge is 0.0158 e. The molecule has 0 radical (unpaired) electrons. The molecule has 0 atom stereocenters. The molecule has 0 aliphatic heterocycles. The van der Waals surface area contributed by atoms with E-state index in [0.717, 1.165) is 24.8 Å². The number of hydrogen-bond donors (Lipinski definition) is 0. The van der Waals surface area contributed by atoms with Crippen LogP contribution in [0.1, 0.15) is 70.7 Å². The maximum atomic E-state index is 4.75. The van der Waals surface area contributed by atoms with Crippen molar-refractivity contribution in [3.8, 4) is 55.6 Å². The molecule has 0 spiro atoms. The maximum absolute atomic E-state index is 4.75. The fourth-order valence-electron chi connectivity index (χ4n) is 10.2. The van der Waals surface area contributed by atoms with Gasteiger partial charge in [0.2, 0.25) is 0 Å². The van der Waals surface area contributed by atoms with Gasteiger partial charge in [-0.3, -0.25) is 0 Å². The highest BCUT2D eigenvalue weighted by molar-refractivity contribution is 5.87. The van der Waals surface area contributed by atoms with Crippen molar-refractivity contribution in [3.63, 3.8) is 0 Å². The number of aryl methyl sites for hydroxylation is 2. The maximum Gasteiger partial charge on any atom is 0.0158 e. The Bertz CT molecular complexity index is 3010. The minimum atomic E-state index is -0.0328. The zero-order valence-electron chi connectivity index (χ0n) is 37.2. The molecule has 9 aromatic rings. The first-order valence-electron chi connectivity index (χ1n) is 22.8. The second-order valence-corrected chi connectivity index (χ2v) is 18.2. The molecule has 0 amide bonds. The Morgan fingerprint density at radius 2 is 0.953 bits per heavy atom. The summed E-state index contributed by atoms with van der Waals surface area (Å²) in [6.07, 6.45) is 2.75. The lowest BCUT2D eigenvalue weighted by molar-refractivity contribution is 0.659. The van der Waals surface area contributed by atoms with Gasteiger partial charge in [-0.2, -0.15) is 0 Å². The summed E-state index contributed by atoms with van der Waals surface area (Å²) in [6, 6.07) is 80.7. The van der Waals surface area contributed by atoms with Crippen LogP contribution in [0.2, 0.25) is 0 Å². The van der Waals surface area contributed by atoms with Crippen LogP contribution in [0.5, 0.6) is 0 Å². The summed E-state index contributed by atoms with van der Waals surface area (Å²) in [5.74, 6) is 0.253. The monoisotopic (exact) mass is 822 g/mol. The Kier molecular flexibility index (Phi) is 11.1. The first kappa shape index (κ1) is 40.8. The SMILES string of the molecule is C=C(Cc1ccc2c(c1)C(C)(C)c1ccccc1-2)c1ccc(-c2cccc(CCC(c3ccc(-c4ccccc4)cc3)c3ccc(-c4ccccc4)cc3)c2)cc1-c1ccccc1C. The molecule has 0 unspecified atom stereocenters. The first-order chi connectivity index (χ1) is 31.3. The van der Waals surface area contributed by atoms with E-state index in [9.17, 15) is 0 Å². The molecule has 0 saturated carbocycles. The summed E-state index contributed by atoms with van der Waals surface area (Å²) in [7, 11) is 0. The Labute approximate surface area is 380 Å². The van der Waals surface area contributed by atoms with E-state index in [1.807, 2.05) is 0 Å². The van der Waals surface area contributed by atoms with Crippen molar-refractivity contribution in [2.45, 2.75) is 51.4 Å². The first-order valence-corrected chi connectivity index (χ1v) is 22.8. The lowest BCUT2D eigenvalue weighted by Crippen LogP contribution is -2.15. The molecule has 0 N–H and O–H groups in total. The molecule has 0 nitrogen and oxygen atoms in total. The number of rotatable bonds is 12. The van der Waals surface area contributed by atoms with Gasteiger partial charge in [0, 0.05) is 11.3 Å². The van der Waals surface area contributed by atoms with Crippen LogP contribution in [0.3, 0.4) is 0 Å². The molecular formula is C64H54. The standard InChI is InChI=1S/C64H54/c1-44-16-11-12-23-56(44)61-43-55(36-39-57(61)45(2)40-47-27-38-60-59-24-13-14-25-62(59)64(3,4)63(60)42-47)54-22-15-17-46(41-54)26-37-58(52-32-28-50(29-33-52)48-18-7-5-8-19-48)53-34-30-51(31-35-53)49-20-9-6-10-21-49/h5-25,27-36,38-39,41-43,58H,2,26,37,40H2,1,3-4H3. The highest BCUT2D eigenvalue weighted by Crippen LogP contribution is 2.49. The van der Waals surface area contributed by atoms with Gasteiger partial charge >= 0.3 is 0 Å². The lowest BCUT2D eigenvalue weighted by Gasteiger charge is -2.22. The van der Waals surface area contributed by atoms with Crippen LogP contribution in [-0.4, -0.2) is 0 Å². The average Bonchev–Trinajstić information content (AvgIpc) is 3.57. The van der Waals surface area contributed by atoms with Crippen LogP contribution >= 0.6 is 0 Å². The lowest BCUT2D eigenvalue weighted by atomic mass is 9.81. The third kappa shape index (κ3) is 8.09. The Hall–Kier alpha value is -7.28. The highest BCUT2D eigenvalue weighted by atomic mass is 14.4. The van der Waals surface area contributed by atoms with Crippen LogP contribution in [0, 0.1) is 6.92 Å². The van der Waals surface area contributed by atoms with Gasteiger partial charge in [0.1, 0.15) is 0 Å². The predicted octanol–water partition coefficient (Wildman–Crippen LogP) is 17.0. The van der Waals surface area contributed by atoms with E-state index >= 15 is 0 Å². The molecule has 310 valence electrons. The fourth-order valence-corrected chi connectivity index (χ4v) is 10.2.